The number of allylic oxidation sites excluding steroid dienone is 4. The molecule has 2 aliphatic heterocycles. The van der Waals surface area contributed by atoms with Crippen LogP contribution in [0.1, 0.15) is 48.4 Å². The fourth-order valence-corrected chi connectivity index (χ4v) is 6.70. The number of rotatable bonds is 9. The molecule has 0 unspecified atom stereocenters. The van der Waals surface area contributed by atoms with E-state index in [4.69, 9.17) is 0 Å². The average molecular weight is 672 g/mol. The first-order chi connectivity index (χ1) is 23.6. The van der Waals surface area contributed by atoms with Crippen LogP contribution in [0, 0.1) is 11.6 Å². The highest BCUT2D eigenvalue weighted by atomic mass is 19.4. The summed E-state index contributed by atoms with van der Waals surface area (Å²) in [6.07, 6.45) is 1.92. The summed E-state index contributed by atoms with van der Waals surface area (Å²) in [4.78, 5) is 18.4. The highest BCUT2D eigenvalue weighted by Crippen LogP contribution is 2.38. The number of benzene rings is 4. The van der Waals surface area contributed by atoms with Crippen LogP contribution in [0.3, 0.4) is 0 Å². The monoisotopic (exact) mass is 671 g/mol. The Morgan fingerprint density at radius 2 is 1.55 bits per heavy atom. The van der Waals surface area contributed by atoms with E-state index in [1.54, 1.807) is 6.07 Å². The van der Waals surface area contributed by atoms with Gasteiger partial charge in [0.2, 0.25) is 5.91 Å². The Kier molecular flexibility index (Phi) is 10.3. The van der Waals surface area contributed by atoms with Gasteiger partial charge < -0.3 is 15.1 Å². The van der Waals surface area contributed by atoms with E-state index in [-0.39, 0.29) is 30.5 Å². The Morgan fingerprint density at radius 3 is 2.22 bits per heavy atom. The summed E-state index contributed by atoms with van der Waals surface area (Å²) in [7, 11) is 0. The molecule has 6 rings (SSSR count). The second-order valence-corrected chi connectivity index (χ2v) is 12.5. The molecule has 1 amide bonds. The molecule has 0 bridgehead atoms. The molecule has 4 aromatic rings. The fraction of sp³-hybridized carbons (Fsp3) is 0.275. The highest BCUT2D eigenvalue weighted by Gasteiger charge is 2.31. The number of hydrogen-bond donors (Lipinski definition) is 1. The lowest BCUT2D eigenvalue weighted by molar-refractivity contribution is -0.137. The number of amides is 1. The Bertz CT molecular complexity index is 1840. The van der Waals surface area contributed by atoms with Crippen LogP contribution in [0.2, 0.25) is 0 Å². The van der Waals surface area contributed by atoms with Gasteiger partial charge in [0.1, 0.15) is 6.54 Å². The summed E-state index contributed by atoms with van der Waals surface area (Å²) in [5.74, 6) is -1.79. The number of para-hydroxylation sites is 1. The molecule has 2 heterocycles. The third kappa shape index (κ3) is 7.78. The maximum atomic E-state index is 14.6. The number of alkyl halides is 3. The molecule has 0 aromatic heterocycles. The van der Waals surface area contributed by atoms with E-state index in [1.807, 2.05) is 77.4 Å². The van der Waals surface area contributed by atoms with Crippen molar-refractivity contribution in [1.29, 1.82) is 0 Å². The number of fused-ring (bicyclic) bond motifs is 1. The predicted octanol–water partition coefficient (Wildman–Crippen LogP) is 9.17. The van der Waals surface area contributed by atoms with Crippen molar-refractivity contribution in [1.82, 2.24) is 10.2 Å². The number of halogens is 5. The van der Waals surface area contributed by atoms with Crippen molar-refractivity contribution in [3.63, 3.8) is 0 Å². The molecule has 1 N–H and O–H groups in total. The summed E-state index contributed by atoms with van der Waals surface area (Å²) in [6.45, 7) is 3.99. The predicted molar refractivity (Wildman–Crippen MR) is 184 cm³/mol. The molecule has 0 radical (unpaired) electrons. The van der Waals surface area contributed by atoms with Gasteiger partial charge in [0.15, 0.2) is 11.6 Å². The van der Waals surface area contributed by atoms with Crippen LogP contribution in [0.25, 0.3) is 16.7 Å². The number of nitrogens with one attached hydrogen (secondary N) is 1. The van der Waals surface area contributed by atoms with E-state index in [2.05, 4.69) is 5.32 Å². The van der Waals surface area contributed by atoms with E-state index in [9.17, 15) is 26.7 Å². The lowest BCUT2D eigenvalue weighted by Gasteiger charge is -2.38. The van der Waals surface area contributed by atoms with Crippen LogP contribution in [0.5, 0.6) is 0 Å². The number of carbonyl (C=O) groups excluding carboxylic acids is 1. The first-order valence-electron chi connectivity index (χ1n) is 16.6. The third-order valence-corrected chi connectivity index (χ3v) is 9.38. The summed E-state index contributed by atoms with van der Waals surface area (Å²) < 4.78 is 67.8. The molecule has 0 aliphatic carbocycles. The van der Waals surface area contributed by atoms with Crippen LogP contribution in [-0.2, 0) is 23.9 Å². The van der Waals surface area contributed by atoms with Gasteiger partial charge in [-0.1, -0.05) is 72.8 Å². The SMILES string of the molecule is C/C=C1\C=C(CCc2cccc(F)c2F)N(CC(=O)N(Cc2ccc(-c3ccc(C(F)(F)F)cc3)cc2)C2CCNCC2)c2ccccc21. The van der Waals surface area contributed by atoms with Gasteiger partial charge in [-0.15, -0.1) is 0 Å². The highest BCUT2D eigenvalue weighted by molar-refractivity contribution is 5.91. The first-order valence-corrected chi connectivity index (χ1v) is 16.6. The van der Waals surface area contributed by atoms with Crippen molar-refractivity contribution in [3.8, 4) is 11.1 Å². The number of nitrogens with zero attached hydrogens (tertiary/aromatic N) is 2. The minimum absolute atomic E-state index is 0.0169. The van der Waals surface area contributed by atoms with E-state index in [0.717, 1.165) is 77.8 Å². The molecule has 2 aliphatic rings. The lowest BCUT2D eigenvalue weighted by atomic mass is 9.94. The van der Waals surface area contributed by atoms with Crippen molar-refractivity contribution >= 4 is 17.2 Å². The molecule has 9 heteroatoms. The van der Waals surface area contributed by atoms with Gasteiger partial charge in [-0.05, 0) is 104 Å². The van der Waals surface area contributed by atoms with Crippen molar-refractivity contribution in [3.05, 3.63) is 143 Å². The Balaban J connectivity index is 1.25. The van der Waals surface area contributed by atoms with Gasteiger partial charge in [-0.2, -0.15) is 13.2 Å². The molecular weight excluding hydrogens is 633 g/mol. The average Bonchev–Trinajstić information content (AvgIpc) is 3.12. The molecule has 0 atom stereocenters. The molecule has 4 aromatic carbocycles. The van der Waals surface area contributed by atoms with E-state index in [0.29, 0.717) is 18.5 Å². The van der Waals surface area contributed by atoms with Crippen LogP contribution < -0.4 is 10.2 Å². The maximum absolute atomic E-state index is 14.6. The van der Waals surface area contributed by atoms with E-state index >= 15 is 0 Å². The molecule has 1 fully saturated rings. The van der Waals surface area contributed by atoms with E-state index in [1.165, 1.54) is 18.2 Å². The summed E-state index contributed by atoms with van der Waals surface area (Å²) in [6, 6.07) is 24.8. The summed E-state index contributed by atoms with van der Waals surface area (Å²) in [5, 5.41) is 3.37. The number of hydrogen-bond acceptors (Lipinski definition) is 3. The smallest absolute Gasteiger partial charge is 0.335 e. The Morgan fingerprint density at radius 1 is 0.878 bits per heavy atom. The minimum Gasteiger partial charge on any atom is -0.335 e. The van der Waals surface area contributed by atoms with E-state index < -0.39 is 23.4 Å². The number of aryl methyl sites for hydroxylation is 1. The number of anilines is 1. The zero-order chi connectivity index (χ0) is 34.5. The molecular formula is C40H38F5N3O. The third-order valence-electron chi connectivity index (χ3n) is 9.38. The van der Waals surface area contributed by atoms with Crippen LogP contribution in [0.4, 0.5) is 27.6 Å². The summed E-state index contributed by atoms with van der Waals surface area (Å²) in [5.41, 5.74) is 5.67. The van der Waals surface area contributed by atoms with Crippen LogP contribution in [0.15, 0.2) is 109 Å². The van der Waals surface area contributed by atoms with Crippen LogP contribution >= 0.6 is 0 Å². The molecule has 0 spiro atoms. The van der Waals surface area contributed by atoms with Gasteiger partial charge in [-0.25, -0.2) is 8.78 Å². The quantitative estimate of drug-likeness (QED) is 0.180. The number of carbonyl (C=O) groups is 1. The Hall–Kier alpha value is -4.76. The summed E-state index contributed by atoms with van der Waals surface area (Å²) >= 11 is 0. The zero-order valence-corrected chi connectivity index (χ0v) is 27.2. The lowest BCUT2D eigenvalue weighted by Crippen LogP contribution is -2.49. The minimum atomic E-state index is -4.39. The van der Waals surface area contributed by atoms with Gasteiger partial charge >= 0.3 is 6.18 Å². The second kappa shape index (κ2) is 14.8. The molecule has 1 saturated heterocycles. The van der Waals surface area contributed by atoms with Gasteiger partial charge in [0.05, 0.1) is 5.56 Å². The molecule has 49 heavy (non-hydrogen) atoms. The van der Waals surface area contributed by atoms with Gasteiger partial charge in [0, 0.05) is 29.5 Å². The maximum Gasteiger partial charge on any atom is 0.416 e. The molecule has 4 nitrogen and oxygen atoms in total. The van der Waals surface area contributed by atoms with Gasteiger partial charge in [0.25, 0.3) is 0 Å². The van der Waals surface area contributed by atoms with Crippen molar-refractivity contribution < 1.29 is 26.7 Å². The first kappa shape index (κ1) is 34.1. The fourth-order valence-electron chi connectivity index (χ4n) is 6.70. The van der Waals surface area contributed by atoms with Crippen LogP contribution in [-0.4, -0.2) is 36.5 Å². The van der Waals surface area contributed by atoms with Crippen molar-refractivity contribution in [2.75, 3.05) is 24.5 Å². The van der Waals surface area contributed by atoms with Gasteiger partial charge in [-0.3, -0.25) is 4.79 Å². The second-order valence-electron chi connectivity index (χ2n) is 12.5. The zero-order valence-electron chi connectivity index (χ0n) is 27.2. The van der Waals surface area contributed by atoms with Crippen molar-refractivity contribution in [2.24, 2.45) is 0 Å². The molecule has 0 saturated carbocycles. The normalized spacial score (nSPS) is 16.0. The Labute approximate surface area is 283 Å². The largest absolute Gasteiger partial charge is 0.416 e. The van der Waals surface area contributed by atoms with Crippen molar-refractivity contribution in [2.45, 2.75) is 51.4 Å². The topological polar surface area (TPSA) is 35.6 Å². The standard InChI is InChI=1S/C40H38F5N3O/c1-2-28-24-34(19-16-31-6-5-8-36(41)39(31)42)47(37-9-4-3-7-35(28)37)26-38(49)48(33-20-22-46-23-21-33)25-27-10-12-29(13-11-27)30-14-17-32(18-15-30)40(43,44)45/h2-15,17-18,24,33,46H,16,19-23,25-26H2,1H3/b28-2+. The molecule has 254 valence electrons. The number of piperidine rings is 1.